The second-order valence-corrected chi connectivity index (χ2v) is 7.54. The van der Waals surface area contributed by atoms with Crippen LogP contribution in [-0.4, -0.2) is 31.5 Å². The van der Waals surface area contributed by atoms with Crippen LogP contribution in [0, 0.1) is 12.7 Å². The molecule has 6 nitrogen and oxygen atoms in total. The molecule has 1 N–H and O–H groups in total. The Morgan fingerprint density at radius 3 is 2.50 bits per heavy atom. The molecule has 8 heteroatoms. The summed E-state index contributed by atoms with van der Waals surface area (Å²) in [6, 6.07) is 6.47. The third kappa shape index (κ3) is 3.88. The van der Waals surface area contributed by atoms with E-state index in [2.05, 4.69) is 19.6 Å². The quantitative estimate of drug-likeness (QED) is 0.893. The predicted octanol–water partition coefficient (Wildman–Crippen LogP) is 2.00. The van der Waals surface area contributed by atoms with Crippen LogP contribution in [0.15, 0.2) is 35.2 Å². The van der Waals surface area contributed by atoms with Crippen molar-refractivity contribution in [3.05, 3.63) is 47.5 Å². The molecule has 1 fully saturated rings. The van der Waals surface area contributed by atoms with Gasteiger partial charge < -0.3 is 4.90 Å². The maximum atomic E-state index is 12.9. The lowest BCUT2D eigenvalue weighted by Crippen LogP contribution is -2.25. The van der Waals surface area contributed by atoms with E-state index in [1.807, 2.05) is 6.92 Å². The zero-order valence-corrected chi connectivity index (χ0v) is 14.2. The summed E-state index contributed by atoms with van der Waals surface area (Å²) < 4.78 is 39.9. The summed E-state index contributed by atoms with van der Waals surface area (Å²) in [5.41, 5.74) is 1.40. The van der Waals surface area contributed by atoms with E-state index >= 15 is 0 Å². The van der Waals surface area contributed by atoms with Crippen LogP contribution in [0.4, 0.5) is 10.3 Å². The minimum absolute atomic E-state index is 0.0226. The molecule has 0 amide bonds. The van der Waals surface area contributed by atoms with Gasteiger partial charge in [-0.3, -0.25) is 0 Å². The highest BCUT2D eigenvalue weighted by Crippen LogP contribution is 2.17. The van der Waals surface area contributed by atoms with Crippen molar-refractivity contribution in [3.63, 3.8) is 0 Å². The highest BCUT2D eigenvalue weighted by molar-refractivity contribution is 7.89. The maximum Gasteiger partial charge on any atom is 0.240 e. The fourth-order valence-electron chi connectivity index (χ4n) is 2.63. The van der Waals surface area contributed by atoms with Crippen molar-refractivity contribution in [2.24, 2.45) is 0 Å². The van der Waals surface area contributed by atoms with Gasteiger partial charge in [-0.25, -0.2) is 27.5 Å². The van der Waals surface area contributed by atoms with Gasteiger partial charge in [0.25, 0.3) is 0 Å². The lowest BCUT2D eigenvalue weighted by Gasteiger charge is -2.16. The van der Waals surface area contributed by atoms with Crippen molar-refractivity contribution in [3.8, 4) is 0 Å². The van der Waals surface area contributed by atoms with Crippen LogP contribution in [0.2, 0.25) is 0 Å². The number of hydrogen-bond donors (Lipinski definition) is 1. The minimum Gasteiger partial charge on any atom is -0.341 e. The molecule has 0 spiro atoms. The van der Waals surface area contributed by atoms with Gasteiger partial charge in [-0.15, -0.1) is 0 Å². The summed E-state index contributed by atoms with van der Waals surface area (Å²) in [6.07, 6.45) is 2.23. The summed E-state index contributed by atoms with van der Waals surface area (Å²) in [5.74, 6) is 0.166. The Hall–Kier alpha value is -2.06. The normalized spacial score (nSPS) is 15.0. The topological polar surface area (TPSA) is 75.2 Å². The lowest BCUT2D eigenvalue weighted by atomic mass is 10.3. The average molecular weight is 350 g/mol. The summed E-state index contributed by atoms with van der Waals surface area (Å²) in [5, 5.41) is 0. The predicted molar refractivity (Wildman–Crippen MR) is 88.6 cm³/mol. The molecule has 0 radical (unpaired) electrons. The fourth-order valence-corrected chi connectivity index (χ4v) is 3.63. The van der Waals surface area contributed by atoms with Gasteiger partial charge in [0.1, 0.15) is 5.82 Å². The van der Waals surface area contributed by atoms with E-state index in [4.69, 9.17) is 0 Å². The molecule has 0 bridgehead atoms. The monoisotopic (exact) mass is 350 g/mol. The largest absolute Gasteiger partial charge is 0.341 e. The van der Waals surface area contributed by atoms with Crippen LogP contribution in [0.1, 0.15) is 24.2 Å². The van der Waals surface area contributed by atoms with Gasteiger partial charge in [0, 0.05) is 18.8 Å². The second kappa shape index (κ2) is 6.82. The fraction of sp³-hybridized carbons (Fsp3) is 0.375. The Kier molecular flexibility index (Phi) is 4.77. The molecule has 128 valence electrons. The van der Waals surface area contributed by atoms with Crippen molar-refractivity contribution in [2.45, 2.75) is 31.2 Å². The molecule has 0 atom stereocenters. The summed E-state index contributed by atoms with van der Waals surface area (Å²) in [7, 11) is -3.71. The number of rotatable bonds is 5. The molecule has 1 saturated heterocycles. The van der Waals surface area contributed by atoms with E-state index in [9.17, 15) is 12.8 Å². The Labute approximate surface area is 140 Å². The second-order valence-electron chi connectivity index (χ2n) is 5.77. The third-order valence-corrected chi connectivity index (χ3v) is 5.27. The molecule has 24 heavy (non-hydrogen) atoms. The molecule has 1 aromatic heterocycles. The van der Waals surface area contributed by atoms with E-state index < -0.39 is 15.8 Å². The molecule has 1 aliphatic heterocycles. The summed E-state index contributed by atoms with van der Waals surface area (Å²) in [4.78, 5) is 11.0. The lowest BCUT2D eigenvalue weighted by molar-refractivity contribution is 0.579. The summed E-state index contributed by atoms with van der Waals surface area (Å²) in [6.45, 7) is 3.76. The SMILES string of the molecule is Cc1cc(CNS(=O)(=O)c2ccc(F)cc2)nc(N2CCCC2)n1. The molecule has 0 unspecified atom stereocenters. The van der Waals surface area contributed by atoms with Gasteiger partial charge in [-0.05, 0) is 50.1 Å². The number of sulfonamides is 1. The first-order chi connectivity index (χ1) is 11.4. The first-order valence-corrected chi connectivity index (χ1v) is 9.27. The van der Waals surface area contributed by atoms with Crippen molar-refractivity contribution in [2.75, 3.05) is 18.0 Å². The van der Waals surface area contributed by atoms with Crippen LogP contribution in [0.25, 0.3) is 0 Å². The molecule has 0 saturated carbocycles. The minimum atomic E-state index is -3.71. The standard InChI is InChI=1S/C16H19FN4O2S/c1-12-10-14(20-16(19-12)21-8-2-3-9-21)11-18-24(22,23)15-6-4-13(17)5-7-15/h4-7,10,18H,2-3,8-9,11H2,1H3. The highest BCUT2D eigenvalue weighted by Gasteiger charge is 2.17. The molecule has 2 heterocycles. The molecular formula is C16H19FN4O2S. The van der Waals surface area contributed by atoms with Gasteiger partial charge in [0.2, 0.25) is 16.0 Å². The van der Waals surface area contributed by atoms with Crippen LogP contribution in [0.3, 0.4) is 0 Å². The molecule has 3 rings (SSSR count). The van der Waals surface area contributed by atoms with Crippen LogP contribution >= 0.6 is 0 Å². The molecule has 0 aliphatic carbocycles. The zero-order chi connectivity index (χ0) is 17.2. The van der Waals surface area contributed by atoms with Crippen molar-refractivity contribution < 1.29 is 12.8 Å². The maximum absolute atomic E-state index is 12.9. The Morgan fingerprint density at radius 1 is 1.17 bits per heavy atom. The number of anilines is 1. The van der Waals surface area contributed by atoms with E-state index in [-0.39, 0.29) is 11.4 Å². The molecule has 1 aromatic carbocycles. The van der Waals surface area contributed by atoms with Crippen LogP contribution in [-0.2, 0) is 16.6 Å². The van der Waals surface area contributed by atoms with Gasteiger partial charge in [-0.1, -0.05) is 0 Å². The van der Waals surface area contributed by atoms with Crippen LogP contribution < -0.4 is 9.62 Å². The van der Waals surface area contributed by atoms with E-state index in [0.717, 1.165) is 43.8 Å². The Balaban J connectivity index is 1.75. The number of aryl methyl sites for hydroxylation is 1. The first-order valence-electron chi connectivity index (χ1n) is 7.79. The number of hydrogen-bond acceptors (Lipinski definition) is 5. The number of benzene rings is 1. The van der Waals surface area contributed by atoms with Crippen molar-refractivity contribution in [1.29, 1.82) is 0 Å². The molecular weight excluding hydrogens is 331 g/mol. The van der Waals surface area contributed by atoms with Gasteiger partial charge in [0.15, 0.2) is 0 Å². The van der Waals surface area contributed by atoms with Gasteiger partial charge >= 0.3 is 0 Å². The molecule has 1 aliphatic rings. The first kappa shape index (κ1) is 16.8. The molecule has 2 aromatic rings. The number of aromatic nitrogens is 2. The average Bonchev–Trinajstić information content (AvgIpc) is 3.07. The highest BCUT2D eigenvalue weighted by atomic mass is 32.2. The Morgan fingerprint density at radius 2 is 1.83 bits per heavy atom. The number of nitrogens with one attached hydrogen (secondary N) is 1. The summed E-state index contributed by atoms with van der Waals surface area (Å²) >= 11 is 0. The third-order valence-electron chi connectivity index (χ3n) is 3.85. The zero-order valence-electron chi connectivity index (χ0n) is 13.4. The van der Waals surface area contributed by atoms with Gasteiger partial charge in [0.05, 0.1) is 17.1 Å². The van der Waals surface area contributed by atoms with Crippen molar-refractivity contribution in [1.82, 2.24) is 14.7 Å². The van der Waals surface area contributed by atoms with E-state index in [1.165, 1.54) is 12.1 Å². The smallest absolute Gasteiger partial charge is 0.240 e. The van der Waals surface area contributed by atoms with E-state index in [1.54, 1.807) is 6.07 Å². The number of nitrogens with zero attached hydrogens (tertiary/aromatic N) is 3. The van der Waals surface area contributed by atoms with Crippen LogP contribution in [0.5, 0.6) is 0 Å². The van der Waals surface area contributed by atoms with Gasteiger partial charge in [-0.2, -0.15) is 0 Å². The van der Waals surface area contributed by atoms with Crippen molar-refractivity contribution >= 4 is 16.0 Å². The Bertz CT molecular complexity index is 818. The number of halogens is 1. The van der Waals surface area contributed by atoms with E-state index in [0.29, 0.717) is 11.6 Å².